The lowest BCUT2D eigenvalue weighted by Crippen LogP contribution is -2.25. The van der Waals surface area contributed by atoms with E-state index >= 15 is 0 Å². The Morgan fingerprint density at radius 3 is 2.62 bits per heavy atom. The van der Waals surface area contributed by atoms with Crippen LogP contribution in [0.25, 0.3) is 0 Å². The SMILES string of the molecule is C=C(/C=C\C)CN(C)CC(C)CC. The van der Waals surface area contributed by atoms with Crippen molar-refractivity contribution in [3.8, 4) is 0 Å². The lowest BCUT2D eigenvalue weighted by molar-refractivity contribution is 0.304. The van der Waals surface area contributed by atoms with Crippen LogP contribution >= 0.6 is 0 Å². The van der Waals surface area contributed by atoms with Crippen molar-refractivity contribution in [3.05, 3.63) is 24.3 Å². The minimum absolute atomic E-state index is 0.781. The standard InChI is InChI=1S/C12H23N/c1-6-8-12(4)10-13(5)9-11(3)7-2/h6,8,11H,4,7,9-10H2,1-3,5H3/b8-6-. The van der Waals surface area contributed by atoms with Gasteiger partial charge in [-0.2, -0.15) is 0 Å². The van der Waals surface area contributed by atoms with Crippen molar-refractivity contribution in [2.45, 2.75) is 27.2 Å². The van der Waals surface area contributed by atoms with Crippen LogP contribution in [0.15, 0.2) is 24.3 Å². The first-order valence-electron chi connectivity index (χ1n) is 5.09. The van der Waals surface area contributed by atoms with E-state index in [1.165, 1.54) is 12.0 Å². The molecule has 1 nitrogen and oxygen atoms in total. The first-order chi connectivity index (χ1) is 6.10. The van der Waals surface area contributed by atoms with Crippen LogP contribution in [0.3, 0.4) is 0 Å². The first kappa shape index (κ1) is 12.4. The van der Waals surface area contributed by atoms with Gasteiger partial charge in [0, 0.05) is 13.1 Å². The molecule has 1 atom stereocenters. The highest BCUT2D eigenvalue weighted by atomic mass is 15.1. The molecular formula is C12H23N. The Bertz CT molecular complexity index is 170. The maximum atomic E-state index is 3.99. The van der Waals surface area contributed by atoms with Crippen molar-refractivity contribution in [2.24, 2.45) is 5.92 Å². The molecular weight excluding hydrogens is 158 g/mol. The average Bonchev–Trinajstić information content (AvgIpc) is 2.04. The maximum absolute atomic E-state index is 3.99. The van der Waals surface area contributed by atoms with E-state index in [9.17, 15) is 0 Å². The monoisotopic (exact) mass is 181 g/mol. The molecule has 0 aromatic rings. The summed E-state index contributed by atoms with van der Waals surface area (Å²) in [4.78, 5) is 2.33. The summed E-state index contributed by atoms with van der Waals surface area (Å²) in [5, 5.41) is 0. The fourth-order valence-electron chi connectivity index (χ4n) is 1.36. The molecule has 0 aromatic heterocycles. The second-order valence-corrected chi connectivity index (χ2v) is 3.87. The van der Waals surface area contributed by atoms with Crippen molar-refractivity contribution in [2.75, 3.05) is 20.1 Å². The van der Waals surface area contributed by atoms with E-state index in [0.29, 0.717) is 0 Å². The van der Waals surface area contributed by atoms with E-state index < -0.39 is 0 Å². The van der Waals surface area contributed by atoms with Crippen LogP contribution in [0.4, 0.5) is 0 Å². The number of hydrogen-bond donors (Lipinski definition) is 0. The highest BCUT2D eigenvalue weighted by Gasteiger charge is 2.03. The minimum atomic E-state index is 0.781. The molecule has 0 aliphatic rings. The summed E-state index contributed by atoms with van der Waals surface area (Å²) in [6, 6.07) is 0. The zero-order chi connectivity index (χ0) is 10.3. The van der Waals surface area contributed by atoms with Gasteiger partial charge in [-0.3, -0.25) is 0 Å². The Kier molecular flexibility index (Phi) is 6.61. The average molecular weight is 181 g/mol. The summed E-state index contributed by atoms with van der Waals surface area (Å²) in [6.07, 6.45) is 5.37. The van der Waals surface area contributed by atoms with Crippen LogP contribution in [0.5, 0.6) is 0 Å². The quantitative estimate of drug-likeness (QED) is 0.569. The van der Waals surface area contributed by atoms with Gasteiger partial charge in [0.05, 0.1) is 0 Å². The molecule has 0 heterocycles. The Labute approximate surface area is 83.1 Å². The van der Waals surface area contributed by atoms with Crippen molar-refractivity contribution in [1.29, 1.82) is 0 Å². The summed E-state index contributed by atoms with van der Waals surface area (Å²) < 4.78 is 0. The number of rotatable bonds is 6. The maximum Gasteiger partial charge on any atom is 0.0224 e. The normalized spacial score (nSPS) is 13.9. The number of likely N-dealkylation sites (N-methyl/N-ethyl adjacent to an activating group) is 1. The largest absolute Gasteiger partial charge is 0.302 e. The number of nitrogens with zero attached hydrogens (tertiary/aromatic N) is 1. The predicted octanol–water partition coefficient (Wildman–Crippen LogP) is 3.10. The van der Waals surface area contributed by atoms with Gasteiger partial charge in [0.25, 0.3) is 0 Å². The van der Waals surface area contributed by atoms with Crippen molar-refractivity contribution >= 4 is 0 Å². The molecule has 1 unspecified atom stereocenters. The first-order valence-corrected chi connectivity index (χ1v) is 5.09. The Hall–Kier alpha value is -0.560. The third kappa shape index (κ3) is 6.59. The number of hydrogen-bond acceptors (Lipinski definition) is 1. The molecule has 13 heavy (non-hydrogen) atoms. The third-order valence-corrected chi connectivity index (χ3v) is 2.20. The van der Waals surface area contributed by atoms with E-state index in [-0.39, 0.29) is 0 Å². The molecule has 0 aliphatic heterocycles. The highest BCUT2D eigenvalue weighted by Crippen LogP contribution is 2.04. The van der Waals surface area contributed by atoms with Crippen LogP contribution in [-0.2, 0) is 0 Å². The molecule has 76 valence electrons. The topological polar surface area (TPSA) is 3.24 Å². The molecule has 0 saturated heterocycles. The minimum Gasteiger partial charge on any atom is -0.302 e. The molecule has 0 aromatic carbocycles. The van der Waals surface area contributed by atoms with Gasteiger partial charge >= 0.3 is 0 Å². The van der Waals surface area contributed by atoms with E-state index in [4.69, 9.17) is 0 Å². The van der Waals surface area contributed by atoms with Crippen LogP contribution < -0.4 is 0 Å². The predicted molar refractivity (Wildman–Crippen MR) is 60.9 cm³/mol. The van der Waals surface area contributed by atoms with Crippen molar-refractivity contribution in [3.63, 3.8) is 0 Å². The van der Waals surface area contributed by atoms with Gasteiger partial charge in [-0.05, 0) is 25.5 Å². The zero-order valence-electron chi connectivity index (χ0n) is 9.51. The van der Waals surface area contributed by atoms with Gasteiger partial charge in [0.1, 0.15) is 0 Å². The van der Waals surface area contributed by atoms with Crippen LogP contribution in [0, 0.1) is 5.92 Å². The summed E-state index contributed by atoms with van der Waals surface area (Å²) in [5.41, 5.74) is 1.19. The smallest absolute Gasteiger partial charge is 0.0224 e. The molecule has 0 spiro atoms. The fraction of sp³-hybridized carbons (Fsp3) is 0.667. The molecule has 0 fully saturated rings. The van der Waals surface area contributed by atoms with Gasteiger partial charge in [0.15, 0.2) is 0 Å². The van der Waals surface area contributed by atoms with E-state index in [1.54, 1.807) is 0 Å². The number of allylic oxidation sites excluding steroid dienone is 1. The lowest BCUT2D eigenvalue weighted by Gasteiger charge is -2.20. The third-order valence-electron chi connectivity index (χ3n) is 2.20. The van der Waals surface area contributed by atoms with Gasteiger partial charge in [-0.15, -0.1) is 0 Å². The zero-order valence-corrected chi connectivity index (χ0v) is 9.51. The molecule has 0 radical (unpaired) electrons. The van der Waals surface area contributed by atoms with Gasteiger partial charge < -0.3 is 4.90 Å². The van der Waals surface area contributed by atoms with Gasteiger partial charge in [0.2, 0.25) is 0 Å². The van der Waals surface area contributed by atoms with Gasteiger partial charge in [-0.1, -0.05) is 39.0 Å². The second-order valence-electron chi connectivity index (χ2n) is 3.87. The van der Waals surface area contributed by atoms with Crippen LogP contribution in [0.2, 0.25) is 0 Å². The van der Waals surface area contributed by atoms with Crippen molar-refractivity contribution in [1.82, 2.24) is 4.90 Å². The van der Waals surface area contributed by atoms with Crippen LogP contribution in [-0.4, -0.2) is 25.0 Å². The Morgan fingerprint density at radius 2 is 2.15 bits per heavy atom. The fourth-order valence-corrected chi connectivity index (χ4v) is 1.36. The highest BCUT2D eigenvalue weighted by molar-refractivity contribution is 5.15. The molecule has 0 bridgehead atoms. The van der Waals surface area contributed by atoms with Crippen LogP contribution in [0.1, 0.15) is 27.2 Å². The Morgan fingerprint density at radius 1 is 1.54 bits per heavy atom. The summed E-state index contributed by atoms with van der Waals surface area (Å²) in [7, 11) is 2.15. The molecule has 0 aliphatic carbocycles. The van der Waals surface area contributed by atoms with E-state index in [1.807, 2.05) is 13.0 Å². The van der Waals surface area contributed by atoms with Gasteiger partial charge in [-0.25, -0.2) is 0 Å². The summed E-state index contributed by atoms with van der Waals surface area (Å²) in [6.45, 7) is 12.7. The lowest BCUT2D eigenvalue weighted by atomic mass is 10.1. The van der Waals surface area contributed by atoms with E-state index in [0.717, 1.165) is 19.0 Å². The molecule has 1 heteroatoms. The summed E-state index contributed by atoms with van der Waals surface area (Å²) in [5.74, 6) is 0.781. The second kappa shape index (κ2) is 6.90. The molecule has 0 N–H and O–H groups in total. The molecule has 0 amide bonds. The molecule has 0 saturated carbocycles. The van der Waals surface area contributed by atoms with E-state index in [2.05, 4.69) is 38.5 Å². The summed E-state index contributed by atoms with van der Waals surface area (Å²) >= 11 is 0. The Balaban J connectivity index is 3.73. The molecule has 0 rings (SSSR count). The van der Waals surface area contributed by atoms with Crippen molar-refractivity contribution < 1.29 is 0 Å².